The van der Waals surface area contributed by atoms with Crippen molar-refractivity contribution in [2.75, 3.05) is 6.54 Å². The maximum Gasteiger partial charge on any atom is 0.322 e. The van der Waals surface area contributed by atoms with Crippen molar-refractivity contribution in [3.05, 3.63) is 33.8 Å². The zero-order valence-corrected chi connectivity index (χ0v) is 11.6. The summed E-state index contributed by atoms with van der Waals surface area (Å²) in [6, 6.07) is 2.47. The van der Waals surface area contributed by atoms with Gasteiger partial charge in [0.15, 0.2) is 0 Å². The van der Waals surface area contributed by atoms with E-state index in [1.165, 1.54) is 12.1 Å². The van der Waals surface area contributed by atoms with E-state index in [2.05, 4.69) is 10.6 Å². The monoisotopic (exact) mass is 321 g/mol. The van der Waals surface area contributed by atoms with E-state index in [-0.39, 0.29) is 22.2 Å². The van der Waals surface area contributed by atoms with Crippen molar-refractivity contribution in [1.82, 2.24) is 10.6 Å². The summed E-state index contributed by atoms with van der Waals surface area (Å²) < 4.78 is 0. The van der Waals surface area contributed by atoms with Gasteiger partial charge in [0, 0.05) is 22.2 Å². The van der Waals surface area contributed by atoms with Gasteiger partial charge in [0.1, 0.15) is 12.3 Å². The Bertz CT molecular complexity index is 492. The first kappa shape index (κ1) is 16.5. The number of rotatable bonds is 6. The van der Waals surface area contributed by atoms with Crippen LogP contribution in [0.1, 0.15) is 11.8 Å². The zero-order chi connectivity index (χ0) is 15.3. The van der Waals surface area contributed by atoms with E-state index in [0.29, 0.717) is 0 Å². The molecule has 6 N–H and O–H groups in total. The number of carboxylic acids is 1. The van der Waals surface area contributed by atoms with Crippen LogP contribution >= 0.6 is 23.2 Å². The average molecular weight is 322 g/mol. The van der Waals surface area contributed by atoms with Crippen molar-refractivity contribution in [3.63, 3.8) is 0 Å². The summed E-state index contributed by atoms with van der Waals surface area (Å²) in [5.74, 6) is -1.28. The lowest BCUT2D eigenvalue weighted by atomic mass is 10.1. The van der Waals surface area contributed by atoms with Crippen molar-refractivity contribution >= 4 is 35.2 Å². The van der Waals surface area contributed by atoms with E-state index in [1.54, 1.807) is 6.07 Å². The third-order valence-electron chi connectivity index (χ3n) is 2.41. The highest BCUT2D eigenvalue weighted by atomic mass is 35.5. The normalized spacial score (nSPS) is 13.6. The van der Waals surface area contributed by atoms with E-state index in [9.17, 15) is 14.7 Å². The number of aliphatic carboxylic acids is 1. The van der Waals surface area contributed by atoms with Gasteiger partial charge in [0.05, 0.1) is 0 Å². The minimum Gasteiger partial charge on any atom is -0.480 e. The van der Waals surface area contributed by atoms with Crippen LogP contribution in [0.5, 0.6) is 0 Å². The number of nitrogens with two attached hydrogens (primary N) is 1. The Morgan fingerprint density at radius 3 is 2.30 bits per heavy atom. The van der Waals surface area contributed by atoms with Crippen LogP contribution in [-0.2, 0) is 4.79 Å². The Kier molecular flexibility index (Phi) is 6.03. The number of halogens is 2. The fourth-order valence-corrected chi connectivity index (χ4v) is 2.07. The number of nitrogens with one attached hydrogen (secondary N) is 2. The van der Waals surface area contributed by atoms with Gasteiger partial charge >= 0.3 is 12.0 Å². The van der Waals surface area contributed by atoms with Crippen LogP contribution in [0.2, 0.25) is 10.0 Å². The molecule has 0 spiro atoms. The van der Waals surface area contributed by atoms with E-state index >= 15 is 0 Å². The standard InChI is InChI=1S/C11H13Cl2N3O4/c12-5-2-1-3-6(13)8(5)9(17)16-7(10(18)19)4-15-11(14)20/h1-3,7,9,16-17H,4H2,(H,18,19)(H3,14,15,20)/t7-,9?/m0/s1. The van der Waals surface area contributed by atoms with Gasteiger partial charge in [-0.05, 0) is 12.1 Å². The second-order valence-electron chi connectivity index (χ2n) is 3.84. The number of carboxylic acid groups (broad SMARTS) is 1. The lowest BCUT2D eigenvalue weighted by Gasteiger charge is -2.21. The zero-order valence-electron chi connectivity index (χ0n) is 10.1. The number of carbonyl (C=O) groups excluding carboxylic acids is 1. The molecule has 0 aliphatic heterocycles. The molecule has 1 aromatic rings. The quantitative estimate of drug-likeness (QED) is 0.493. The van der Waals surface area contributed by atoms with Crippen molar-refractivity contribution in [2.45, 2.75) is 12.3 Å². The number of primary amides is 1. The lowest BCUT2D eigenvalue weighted by Crippen LogP contribution is -2.48. The minimum atomic E-state index is -1.41. The molecule has 1 aromatic carbocycles. The van der Waals surface area contributed by atoms with Crippen molar-refractivity contribution in [2.24, 2.45) is 5.73 Å². The lowest BCUT2D eigenvalue weighted by molar-refractivity contribution is -0.140. The summed E-state index contributed by atoms with van der Waals surface area (Å²) in [6.45, 7) is -0.302. The molecule has 110 valence electrons. The van der Waals surface area contributed by atoms with Gasteiger partial charge in [-0.15, -0.1) is 0 Å². The van der Waals surface area contributed by atoms with Crippen LogP contribution in [-0.4, -0.2) is 34.8 Å². The number of carbonyl (C=O) groups is 2. The first-order valence-corrected chi connectivity index (χ1v) is 6.22. The molecule has 1 unspecified atom stereocenters. The predicted molar refractivity (Wildman–Crippen MR) is 73.6 cm³/mol. The molecule has 1 rings (SSSR count). The maximum atomic E-state index is 11.0. The van der Waals surface area contributed by atoms with E-state index in [0.717, 1.165) is 0 Å². The topological polar surface area (TPSA) is 125 Å². The van der Waals surface area contributed by atoms with Crippen LogP contribution in [0.3, 0.4) is 0 Å². The highest BCUT2D eigenvalue weighted by Gasteiger charge is 2.24. The Morgan fingerprint density at radius 2 is 1.85 bits per heavy atom. The highest BCUT2D eigenvalue weighted by Crippen LogP contribution is 2.29. The second kappa shape index (κ2) is 7.30. The fourth-order valence-electron chi connectivity index (χ4n) is 1.47. The summed E-state index contributed by atoms with van der Waals surface area (Å²) in [6.07, 6.45) is -1.41. The summed E-state index contributed by atoms with van der Waals surface area (Å²) in [4.78, 5) is 21.6. The molecular formula is C11H13Cl2N3O4. The maximum absolute atomic E-state index is 11.0. The van der Waals surface area contributed by atoms with Crippen LogP contribution in [0.25, 0.3) is 0 Å². The number of urea groups is 1. The number of benzene rings is 1. The SMILES string of the molecule is NC(=O)NC[C@H](NC(O)c1c(Cl)cccc1Cl)C(=O)O. The number of aliphatic hydroxyl groups is 1. The summed E-state index contributed by atoms with van der Waals surface area (Å²) >= 11 is 11.8. The Labute approximate surface area is 124 Å². The molecule has 0 saturated carbocycles. The van der Waals surface area contributed by atoms with Crippen LogP contribution in [0, 0.1) is 0 Å². The van der Waals surface area contributed by atoms with Gasteiger partial charge in [0.2, 0.25) is 0 Å². The molecular weight excluding hydrogens is 309 g/mol. The van der Waals surface area contributed by atoms with Crippen LogP contribution < -0.4 is 16.4 Å². The Morgan fingerprint density at radius 1 is 1.30 bits per heavy atom. The third kappa shape index (κ3) is 4.53. The van der Waals surface area contributed by atoms with Gasteiger partial charge in [-0.1, -0.05) is 29.3 Å². The molecule has 0 aliphatic rings. The first-order valence-electron chi connectivity index (χ1n) is 5.47. The molecule has 0 bridgehead atoms. The largest absolute Gasteiger partial charge is 0.480 e. The van der Waals surface area contributed by atoms with Gasteiger partial charge in [0.25, 0.3) is 0 Å². The van der Waals surface area contributed by atoms with E-state index in [4.69, 9.17) is 34.0 Å². The van der Waals surface area contributed by atoms with Gasteiger partial charge in [-0.3, -0.25) is 10.1 Å². The van der Waals surface area contributed by atoms with Gasteiger partial charge in [-0.25, -0.2) is 4.79 Å². The van der Waals surface area contributed by atoms with E-state index in [1.807, 2.05) is 0 Å². The summed E-state index contributed by atoms with van der Waals surface area (Å²) in [5.41, 5.74) is 5.01. The van der Waals surface area contributed by atoms with E-state index < -0.39 is 24.3 Å². The summed E-state index contributed by atoms with van der Waals surface area (Å²) in [7, 11) is 0. The molecule has 0 aliphatic carbocycles. The minimum absolute atomic E-state index is 0.154. The second-order valence-corrected chi connectivity index (χ2v) is 4.65. The van der Waals surface area contributed by atoms with Gasteiger partial charge in [-0.2, -0.15) is 0 Å². The molecule has 0 radical (unpaired) electrons. The molecule has 0 heterocycles. The molecule has 0 saturated heterocycles. The number of hydrogen-bond acceptors (Lipinski definition) is 4. The first-order chi connectivity index (χ1) is 9.32. The predicted octanol–water partition coefficient (Wildman–Crippen LogP) is 0.695. The molecule has 9 heteroatoms. The summed E-state index contributed by atoms with van der Waals surface area (Å²) in [5, 5.41) is 23.9. The Balaban J connectivity index is 2.82. The fraction of sp³-hybridized carbons (Fsp3) is 0.273. The average Bonchev–Trinajstić information content (AvgIpc) is 2.33. The Hall–Kier alpha value is -1.54. The molecule has 0 aromatic heterocycles. The van der Waals surface area contributed by atoms with Crippen molar-refractivity contribution in [1.29, 1.82) is 0 Å². The molecule has 20 heavy (non-hydrogen) atoms. The number of amides is 2. The molecule has 2 amide bonds. The van der Waals surface area contributed by atoms with Gasteiger partial charge < -0.3 is 21.3 Å². The number of hydrogen-bond donors (Lipinski definition) is 5. The van der Waals surface area contributed by atoms with Crippen molar-refractivity contribution < 1.29 is 19.8 Å². The van der Waals surface area contributed by atoms with Crippen LogP contribution in [0.4, 0.5) is 4.79 Å². The number of aliphatic hydroxyl groups excluding tert-OH is 1. The smallest absolute Gasteiger partial charge is 0.322 e. The third-order valence-corrected chi connectivity index (χ3v) is 3.07. The molecule has 2 atom stereocenters. The van der Waals surface area contributed by atoms with Crippen molar-refractivity contribution in [3.8, 4) is 0 Å². The molecule has 0 fully saturated rings. The highest BCUT2D eigenvalue weighted by molar-refractivity contribution is 6.36. The molecule has 7 nitrogen and oxygen atoms in total. The van der Waals surface area contributed by atoms with Crippen LogP contribution in [0.15, 0.2) is 18.2 Å².